The number of morpholine rings is 1. The van der Waals surface area contributed by atoms with E-state index in [4.69, 9.17) is 4.74 Å². The van der Waals surface area contributed by atoms with Crippen molar-refractivity contribution in [3.63, 3.8) is 0 Å². The predicted molar refractivity (Wildman–Crippen MR) is 70.6 cm³/mol. The highest BCUT2D eigenvalue weighted by Gasteiger charge is 2.27. The molecule has 2 rings (SSSR count). The third-order valence-electron chi connectivity index (χ3n) is 2.97. The number of amides is 1. The summed E-state index contributed by atoms with van der Waals surface area (Å²) in [6.07, 6.45) is 1.50. The van der Waals surface area contributed by atoms with E-state index >= 15 is 0 Å². The molecule has 19 heavy (non-hydrogen) atoms. The van der Waals surface area contributed by atoms with Crippen LogP contribution < -0.4 is 0 Å². The molecule has 1 fully saturated rings. The Bertz CT molecular complexity index is 450. The second-order valence-corrected chi connectivity index (χ2v) is 4.99. The molecule has 6 nitrogen and oxygen atoms in total. The van der Waals surface area contributed by atoms with Gasteiger partial charge in [-0.3, -0.25) is 4.79 Å². The Morgan fingerprint density at radius 1 is 1.58 bits per heavy atom. The van der Waals surface area contributed by atoms with E-state index in [1.165, 1.54) is 0 Å². The van der Waals surface area contributed by atoms with Crippen molar-refractivity contribution >= 4 is 5.91 Å². The first-order valence-electron chi connectivity index (χ1n) is 6.40. The van der Waals surface area contributed by atoms with Crippen LogP contribution in [0.25, 0.3) is 0 Å². The van der Waals surface area contributed by atoms with Gasteiger partial charge in [0.1, 0.15) is 6.10 Å². The van der Waals surface area contributed by atoms with E-state index in [0.29, 0.717) is 32.1 Å². The summed E-state index contributed by atoms with van der Waals surface area (Å²) in [4.78, 5) is 24.3. The Kier molecular flexibility index (Phi) is 4.44. The van der Waals surface area contributed by atoms with Gasteiger partial charge in [0.05, 0.1) is 19.7 Å². The molecule has 1 aromatic heterocycles. The fourth-order valence-corrected chi connectivity index (χ4v) is 2.03. The average Bonchev–Trinajstić information content (AvgIpc) is 2.38. The van der Waals surface area contributed by atoms with Gasteiger partial charge in [0.25, 0.3) is 0 Å². The topological polar surface area (TPSA) is 58.6 Å². The molecule has 0 saturated carbocycles. The molecule has 104 valence electrons. The van der Waals surface area contributed by atoms with Gasteiger partial charge in [-0.15, -0.1) is 0 Å². The van der Waals surface area contributed by atoms with Crippen molar-refractivity contribution in [3.8, 4) is 0 Å². The van der Waals surface area contributed by atoms with Crippen molar-refractivity contribution in [3.05, 3.63) is 23.8 Å². The Labute approximate surface area is 113 Å². The lowest BCUT2D eigenvalue weighted by Crippen LogP contribution is -2.45. The van der Waals surface area contributed by atoms with Crippen LogP contribution in [0.3, 0.4) is 0 Å². The molecular formula is C13H20N4O2. The maximum absolute atomic E-state index is 12.0. The number of rotatable bonds is 3. The van der Waals surface area contributed by atoms with Crippen LogP contribution in [0.4, 0.5) is 0 Å². The maximum Gasteiger partial charge on any atom is 0.236 e. The molecule has 1 aliphatic heterocycles. The van der Waals surface area contributed by atoms with Crippen LogP contribution >= 0.6 is 0 Å². The highest BCUT2D eigenvalue weighted by atomic mass is 16.5. The van der Waals surface area contributed by atoms with Crippen LogP contribution in [-0.2, 0) is 9.53 Å². The highest BCUT2D eigenvalue weighted by Crippen LogP contribution is 2.19. The van der Waals surface area contributed by atoms with Crippen molar-refractivity contribution < 1.29 is 9.53 Å². The van der Waals surface area contributed by atoms with Gasteiger partial charge in [0.2, 0.25) is 5.91 Å². The number of ether oxygens (including phenoxy) is 1. The molecule has 0 bridgehead atoms. The maximum atomic E-state index is 12.0. The SMILES string of the molecule is Cc1ccnc([C@@H]2CN(C(=O)CN(C)C)CCO2)n1. The quantitative estimate of drug-likeness (QED) is 0.783. The monoisotopic (exact) mass is 264 g/mol. The van der Waals surface area contributed by atoms with Crippen LogP contribution in [0.2, 0.25) is 0 Å². The molecule has 1 aromatic rings. The van der Waals surface area contributed by atoms with Gasteiger partial charge in [-0.25, -0.2) is 9.97 Å². The number of hydrogen-bond donors (Lipinski definition) is 0. The third-order valence-corrected chi connectivity index (χ3v) is 2.97. The van der Waals surface area contributed by atoms with Gasteiger partial charge in [0, 0.05) is 18.4 Å². The zero-order valence-electron chi connectivity index (χ0n) is 11.7. The smallest absolute Gasteiger partial charge is 0.236 e. The Morgan fingerprint density at radius 2 is 2.37 bits per heavy atom. The number of likely N-dealkylation sites (N-methyl/N-ethyl adjacent to an activating group) is 1. The second kappa shape index (κ2) is 6.08. The summed E-state index contributed by atoms with van der Waals surface area (Å²) in [5.41, 5.74) is 0.908. The zero-order valence-corrected chi connectivity index (χ0v) is 11.7. The Hall–Kier alpha value is -1.53. The fourth-order valence-electron chi connectivity index (χ4n) is 2.03. The van der Waals surface area contributed by atoms with Crippen LogP contribution in [0.1, 0.15) is 17.6 Å². The zero-order chi connectivity index (χ0) is 13.8. The van der Waals surface area contributed by atoms with Gasteiger partial charge >= 0.3 is 0 Å². The number of nitrogens with zero attached hydrogens (tertiary/aromatic N) is 4. The molecule has 0 radical (unpaired) electrons. The van der Waals surface area contributed by atoms with Crippen LogP contribution in [0.15, 0.2) is 12.3 Å². The molecule has 6 heteroatoms. The van der Waals surface area contributed by atoms with Crippen molar-refractivity contribution in [2.75, 3.05) is 40.3 Å². The number of hydrogen-bond acceptors (Lipinski definition) is 5. The summed E-state index contributed by atoms with van der Waals surface area (Å²) in [6, 6.07) is 1.85. The molecule has 0 N–H and O–H groups in total. The lowest BCUT2D eigenvalue weighted by molar-refractivity contribution is -0.139. The summed E-state index contributed by atoms with van der Waals surface area (Å²) in [6.45, 7) is 4.02. The van der Waals surface area contributed by atoms with Crippen LogP contribution in [0, 0.1) is 6.92 Å². The first kappa shape index (κ1) is 13.9. The van der Waals surface area contributed by atoms with E-state index in [2.05, 4.69) is 9.97 Å². The summed E-state index contributed by atoms with van der Waals surface area (Å²) in [5, 5.41) is 0. The summed E-state index contributed by atoms with van der Waals surface area (Å²) in [7, 11) is 3.78. The molecule has 1 saturated heterocycles. The van der Waals surface area contributed by atoms with E-state index in [1.54, 1.807) is 6.20 Å². The van der Waals surface area contributed by atoms with Gasteiger partial charge in [-0.1, -0.05) is 0 Å². The van der Waals surface area contributed by atoms with Gasteiger partial charge in [-0.05, 0) is 27.1 Å². The molecule has 1 amide bonds. The molecule has 0 aromatic carbocycles. The molecule has 0 aliphatic carbocycles. The standard InChI is InChI=1S/C13H20N4O2/c1-10-4-5-14-13(15-10)11-8-17(6-7-19-11)12(18)9-16(2)3/h4-5,11H,6-9H2,1-3H3/t11-/m0/s1. The average molecular weight is 264 g/mol. The van der Waals surface area contributed by atoms with E-state index in [9.17, 15) is 4.79 Å². The highest BCUT2D eigenvalue weighted by molar-refractivity contribution is 5.78. The summed E-state index contributed by atoms with van der Waals surface area (Å²) >= 11 is 0. The van der Waals surface area contributed by atoms with Crippen molar-refractivity contribution in [1.29, 1.82) is 0 Å². The second-order valence-electron chi connectivity index (χ2n) is 4.99. The van der Waals surface area contributed by atoms with Gasteiger partial charge < -0.3 is 14.5 Å². The van der Waals surface area contributed by atoms with Crippen LogP contribution in [0.5, 0.6) is 0 Å². The minimum atomic E-state index is -0.222. The van der Waals surface area contributed by atoms with Gasteiger partial charge in [0.15, 0.2) is 5.82 Å². The number of carbonyl (C=O) groups is 1. The van der Waals surface area contributed by atoms with Crippen molar-refractivity contribution in [2.24, 2.45) is 0 Å². The molecule has 0 unspecified atom stereocenters. The minimum absolute atomic E-state index is 0.117. The summed E-state index contributed by atoms with van der Waals surface area (Å²) < 4.78 is 5.67. The number of aryl methyl sites for hydroxylation is 1. The fraction of sp³-hybridized carbons (Fsp3) is 0.615. The Morgan fingerprint density at radius 3 is 3.05 bits per heavy atom. The molecule has 2 heterocycles. The van der Waals surface area contributed by atoms with E-state index in [-0.39, 0.29) is 12.0 Å². The van der Waals surface area contributed by atoms with E-state index in [1.807, 2.05) is 36.9 Å². The largest absolute Gasteiger partial charge is 0.367 e. The predicted octanol–water partition coefficient (Wildman–Crippen LogP) is 0.247. The first-order chi connectivity index (χ1) is 9.06. The molecule has 1 atom stereocenters. The number of aromatic nitrogens is 2. The lowest BCUT2D eigenvalue weighted by atomic mass is 10.2. The third kappa shape index (κ3) is 3.71. The van der Waals surface area contributed by atoms with Crippen LogP contribution in [-0.4, -0.2) is 66.0 Å². The molecular weight excluding hydrogens is 244 g/mol. The van der Waals surface area contributed by atoms with Gasteiger partial charge in [-0.2, -0.15) is 0 Å². The van der Waals surface area contributed by atoms with Crippen molar-refractivity contribution in [1.82, 2.24) is 19.8 Å². The Balaban J connectivity index is 2.03. The van der Waals surface area contributed by atoms with E-state index in [0.717, 1.165) is 5.69 Å². The molecule has 0 spiro atoms. The van der Waals surface area contributed by atoms with E-state index < -0.39 is 0 Å². The summed E-state index contributed by atoms with van der Waals surface area (Å²) in [5.74, 6) is 0.772. The minimum Gasteiger partial charge on any atom is -0.367 e. The van der Waals surface area contributed by atoms with Crippen molar-refractivity contribution in [2.45, 2.75) is 13.0 Å². The normalized spacial score (nSPS) is 19.8. The lowest BCUT2D eigenvalue weighted by Gasteiger charge is -2.32. The molecule has 1 aliphatic rings. The number of carbonyl (C=O) groups excluding carboxylic acids is 1. The first-order valence-corrected chi connectivity index (χ1v) is 6.40.